The van der Waals surface area contributed by atoms with Gasteiger partial charge in [0.25, 0.3) is 0 Å². The molecule has 0 aliphatic rings. The highest BCUT2D eigenvalue weighted by Gasteiger charge is 2.08. The molecular weight excluding hydrogens is 317 g/mol. The van der Waals surface area contributed by atoms with E-state index >= 15 is 0 Å². The van der Waals surface area contributed by atoms with Gasteiger partial charge < -0.3 is 4.98 Å². The Bertz CT molecular complexity index is 868. The average molecular weight is 330 g/mol. The SMILES string of the molecule is O=C(Cc1c[nH]c2ccccc12)N/N=C/c1c(F)cccc1Cl. The second-order valence-corrected chi connectivity index (χ2v) is 5.37. The number of rotatable bonds is 4. The van der Waals surface area contributed by atoms with Gasteiger partial charge in [-0.1, -0.05) is 35.9 Å². The van der Waals surface area contributed by atoms with E-state index in [0.717, 1.165) is 16.5 Å². The number of nitrogens with zero attached hydrogens (tertiary/aromatic N) is 1. The number of carbonyl (C=O) groups excluding carboxylic acids is 1. The van der Waals surface area contributed by atoms with Gasteiger partial charge in [0.2, 0.25) is 5.91 Å². The highest BCUT2D eigenvalue weighted by atomic mass is 35.5. The summed E-state index contributed by atoms with van der Waals surface area (Å²) in [6.07, 6.45) is 3.17. The number of hydrogen-bond acceptors (Lipinski definition) is 2. The molecule has 2 aromatic carbocycles. The van der Waals surface area contributed by atoms with Gasteiger partial charge in [0.1, 0.15) is 5.82 Å². The van der Waals surface area contributed by atoms with Crippen molar-refractivity contribution >= 4 is 34.6 Å². The van der Waals surface area contributed by atoms with Crippen molar-refractivity contribution in [3.8, 4) is 0 Å². The molecule has 3 rings (SSSR count). The van der Waals surface area contributed by atoms with Crippen molar-refractivity contribution in [3.63, 3.8) is 0 Å². The quantitative estimate of drug-likeness (QED) is 0.557. The van der Waals surface area contributed by atoms with Gasteiger partial charge in [-0.25, -0.2) is 9.82 Å². The maximum atomic E-state index is 13.6. The van der Waals surface area contributed by atoms with E-state index in [9.17, 15) is 9.18 Å². The number of fused-ring (bicyclic) bond motifs is 1. The van der Waals surface area contributed by atoms with E-state index in [1.165, 1.54) is 18.3 Å². The Morgan fingerprint density at radius 1 is 1.26 bits per heavy atom. The van der Waals surface area contributed by atoms with Crippen LogP contribution in [-0.4, -0.2) is 17.1 Å². The first-order valence-electron chi connectivity index (χ1n) is 6.96. The maximum Gasteiger partial charge on any atom is 0.244 e. The lowest BCUT2D eigenvalue weighted by molar-refractivity contribution is -0.120. The number of aromatic nitrogens is 1. The van der Waals surface area contributed by atoms with Crippen LogP contribution in [0, 0.1) is 5.82 Å². The van der Waals surface area contributed by atoms with Crippen LogP contribution in [0.4, 0.5) is 4.39 Å². The van der Waals surface area contributed by atoms with Crippen molar-refractivity contribution in [2.24, 2.45) is 5.10 Å². The highest BCUT2D eigenvalue weighted by Crippen LogP contribution is 2.18. The molecule has 0 saturated carbocycles. The van der Waals surface area contributed by atoms with Crippen molar-refractivity contribution < 1.29 is 9.18 Å². The maximum absolute atomic E-state index is 13.6. The first-order valence-corrected chi connectivity index (χ1v) is 7.34. The molecule has 0 spiro atoms. The van der Waals surface area contributed by atoms with Crippen LogP contribution in [0.25, 0.3) is 10.9 Å². The summed E-state index contributed by atoms with van der Waals surface area (Å²) in [4.78, 5) is 15.1. The first-order chi connectivity index (χ1) is 11.1. The fourth-order valence-electron chi connectivity index (χ4n) is 2.29. The number of halogens is 2. The number of nitrogens with one attached hydrogen (secondary N) is 2. The normalized spacial score (nSPS) is 11.2. The molecule has 1 heterocycles. The fraction of sp³-hybridized carbons (Fsp3) is 0.0588. The number of benzene rings is 2. The molecule has 2 N–H and O–H groups in total. The first kappa shape index (κ1) is 15.2. The Kier molecular flexibility index (Phi) is 4.39. The number of H-pyrrole nitrogens is 1. The molecule has 1 amide bonds. The van der Waals surface area contributed by atoms with Crippen molar-refractivity contribution in [1.29, 1.82) is 0 Å². The monoisotopic (exact) mass is 329 g/mol. The Morgan fingerprint density at radius 3 is 2.91 bits per heavy atom. The van der Waals surface area contributed by atoms with E-state index in [0.29, 0.717) is 0 Å². The van der Waals surface area contributed by atoms with E-state index in [1.54, 1.807) is 12.3 Å². The Labute approximate surface area is 137 Å². The molecule has 23 heavy (non-hydrogen) atoms. The van der Waals surface area contributed by atoms with Crippen LogP contribution in [0.1, 0.15) is 11.1 Å². The van der Waals surface area contributed by atoms with E-state index in [1.807, 2.05) is 24.3 Å². The molecule has 4 nitrogen and oxygen atoms in total. The summed E-state index contributed by atoms with van der Waals surface area (Å²) in [6, 6.07) is 12.1. The van der Waals surface area contributed by atoms with Gasteiger partial charge in [0.05, 0.1) is 17.7 Å². The Morgan fingerprint density at radius 2 is 2.09 bits per heavy atom. The number of hydrogen-bond donors (Lipinski definition) is 2. The minimum absolute atomic E-state index is 0.140. The van der Waals surface area contributed by atoms with Gasteiger partial charge >= 0.3 is 0 Å². The van der Waals surface area contributed by atoms with Crippen LogP contribution >= 0.6 is 11.6 Å². The smallest absolute Gasteiger partial charge is 0.244 e. The molecule has 0 atom stereocenters. The molecule has 0 saturated heterocycles. The summed E-state index contributed by atoms with van der Waals surface area (Å²) in [5.41, 5.74) is 4.36. The third-order valence-corrected chi connectivity index (χ3v) is 3.74. The molecule has 3 aromatic rings. The van der Waals surface area contributed by atoms with Gasteiger partial charge in [-0.2, -0.15) is 5.10 Å². The Hall–Kier alpha value is -2.66. The molecule has 0 bridgehead atoms. The lowest BCUT2D eigenvalue weighted by atomic mass is 10.1. The van der Waals surface area contributed by atoms with Crippen LogP contribution in [-0.2, 0) is 11.2 Å². The summed E-state index contributed by atoms with van der Waals surface area (Å²) >= 11 is 5.88. The number of aromatic amines is 1. The zero-order valence-corrected chi connectivity index (χ0v) is 12.8. The van der Waals surface area contributed by atoms with Crippen molar-refractivity contribution in [2.45, 2.75) is 6.42 Å². The van der Waals surface area contributed by atoms with Crippen LogP contribution < -0.4 is 5.43 Å². The predicted octanol–water partition coefficient (Wildman–Crippen LogP) is 3.65. The van der Waals surface area contributed by atoms with Gasteiger partial charge in [-0.05, 0) is 23.8 Å². The molecule has 0 fully saturated rings. The zero-order chi connectivity index (χ0) is 16.2. The Balaban J connectivity index is 1.67. The summed E-state index contributed by atoms with van der Waals surface area (Å²) < 4.78 is 13.6. The molecule has 0 aliphatic heterocycles. The molecule has 0 aliphatic carbocycles. The van der Waals surface area contributed by atoms with Gasteiger partial charge in [0.15, 0.2) is 0 Å². The predicted molar refractivity (Wildman–Crippen MR) is 89.1 cm³/mol. The summed E-state index contributed by atoms with van der Waals surface area (Å²) in [6.45, 7) is 0. The number of para-hydroxylation sites is 1. The van der Waals surface area contributed by atoms with Crippen LogP contribution in [0.15, 0.2) is 53.8 Å². The van der Waals surface area contributed by atoms with E-state index in [2.05, 4.69) is 15.5 Å². The van der Waals surface area contributed by atoms with E-state index < -0.39 is 5.82 Å². The number of amides is 1. The van der Waals surface area contributed by atoms with Gasteiger partial charge in [-0.3, -0.25) is 4.79 Å². The number of hydrazone groups is 1. The third-order valence-electron chi connectivity index (χ3n) is 3.41. The molecule has 1 aromatic heterocycles. The van der Waals surface area contributed by atoms with Gasteiger partial charge in [0, 0.05) is 22.7 Å². The largest absolute Gasteiger partial charge is 0.361 e. The minimum Gasteiger partial charge on any atom is -0.361 e. The minimum atomic E-state index is -0.493. The van der Waals surface area contributed by atoms with E-state index in [4.69, 9.17) is 11.6 Å². The summed E-state index contributed by atoms with van der Waals surface area (Å²) in [5, 5.41) is 4.99. The second-order valence-electron chi connectivity index (χ2n) is 4.96. The highest BCUT2D eigenvalue weighted by molar-refractivity contribution is 6.33. The van der Waals surface area contributed by atoms with Crippen molar-refractivity contribution in [3.05, 3.63) is 70.6 Å². The average Bonchev–Trinajstić information content (AvgIpc) is 2.93. The lowest BCUT2D eigenvalue weighted by Gasteiger charge is -2.01. The summed E-state index contributed by atoms with van der Waals surface area (Å²) in [7, 11) is 0. The van der Waals surface area contributed by atoms with E-state index in [-0.39, 0.29) is 22.9 Å². The van der Waals surface area contributed by atoms with Crippen molar-refractivity contribution in [1.82, 2.24) is 10.4 Å². The molecule has 0 unspecified atom stereocenters. The van der Waals surface area contributed by atoms with Crippen LogP contribution in [0.5, 0.6) is 0 Å². The van der Waals surface area contributed by atoms with Crippen LogP contribution in [0.3, 0.4) is 0 Å². The molecule has 0 radical (unpaired) electrons. The van der Waals surface area contributed by atoms with Crippen molar-refractivity contribution in [2.75, 3.05) is 0 Å². The third kappa shape index (κ3) is 3.40. The second kappa shape index (κ2) is 6.62. The lowest BCUT2D eigenvalue weighted by Crippen LogP contribution is -2.19. The standard InChI is InChI=1S/C17H13ClFN3O/c18-14-5-3-6-15(19)13(14)10-21-22-17(23)8-11-9-20-16-7-2-1-4-12(11)16/h1-7,9-10,20H,8H2,(H,22,23)/b21-10+. The van der Waals surface area contributed by atoms with Gasteiger partial charge in [-0.15, -0.1) is 0 Å². The fourth-order valence-corrected chi connectivity index (χ4v) is 2.51. The van der Waals surface area contributed by atoms with Crippen LogP contribution in [0.2, 0.25) is 5.02 Å². The molecule has 116 valence electrons. The topological polar surface area (TPSA) is 57.2 Å². The zero-order valence-electron chi connectivity index (χ0n) is 12.0. The summed E-state index contributed by atoms with van der Waals surface area (Å²) in [5.74, 6) is -0.786. The molecule has 6 heteroatoms. The number of carbonyl (C=O) groups is 1. The molecular formula is C17H13ClFN3O.